The molecule has 0 bridgehead atoms. The number of rotatable bonds is 2. The predicted octanol–water partition coefficient (Wildman–Crippen LogP) is 2.70. The van der Waals surface area contributed by atoms with E-state index in [9.17, 15) is 0 Å². The van der Waals surface area contributed by atoms with Crippen LogP contribution in [0.15, 0.2) is 37.1 Å². The smallest absolute Gasteiger partial charge is 0.148 e. The molecule has 2 heterocycles. The predicted molar refractivity (Wildman–Crippen MR) is 74.1 cm³/mol. The largest absolute Gasteiger partial charge is 0.345 e. The number of hydrogen-bond donors (Lipinski definition) is 2. The summed E-state index contributed by atoms with van der Waals surface area (Å²) >= 11 is 2.27. The number of imidazole rings is 1. The van der Waals surface area contributed by atoms with Crippen molar-refractivity contribution in [3.8, 4) is 0 Å². The van der Waals surface area contributed by atoms with Crippen LogP contribution < -0.4 is 5.32 Å². The van der Waals surface area contributed by atoms with Crippen LogP contribution in [0.5, 0.6) is 0 Å². The first kappa shape index (κ1) is 10.5. The zero-order valence-electron chi connectivity index (χ0n) is 8.68. The Morgan fingerprint density at radius 3 is 2.94 bits per heavy atom. The lowest BCUT2D eigenvalue weighted by Crippen LogP contribution is -1.96. The SMILES string of the molecule is Ic1c(Nc2cnccn2)ccc2[nH]cnc12. The van der Waals surface area contributed by atoms with Gasteiger partial charge in [-0.1, -0.05) is 0 Å². The van der Waals surface area contributed by atoms with Gasteiger partial charge in [0.15, 0.2) is 0 Å². The minimum atomic E-state index is 0.723. The van der Waals surface area contributed by atoms with Crippen LogP contribution >= 0.6 is 22.6 Å². The van der Waals surface area contributed by atoms with E-state index in [1.165, 1.54) is 0 Å². The third-order valence-electron chi connectivity index (χ3n) is 2.36. The molecular formula is C11H8IN5. The lowest BCUT2D eigenvalue weighted by atomic mass is 10.3. The van der Waals surface area contributed by atoms with Crippen molar-refractivity contribution in [3.05, 3.63) is 40.6 Å². The first-order valence-electron chi connectivity index (χ1n) is 4.99. The molecule has 6 heteroatoms. The van der Waals surface area contributed by atoms with Crippen LogP contribution in [-0.2, 0) is 0 Å². The van der Waals surface area contributed by atoms with Crippen molar-refractivity contribution in [1.29, 1.82) is 0 Å². The molecule has 0 saturated carbocycles. The van der Waals surface area contributed by atoms with Gasteiger partial charge in [-0.05, 0) is 34.7 Å². The number of benzene rings is 1. The molecule has 17 heavy (non-hydrogen) atoms. The van der Waals surface area contributed by atoms with Crippen molar-refractivity contribution in [1.82, 2.24) is 19.9 Å². The van der Waals surface area contributed by atoms with E-state index >= 15 is 0 Å². The van der Waals surface area contributed by atoms with Crippen LogP contribution in [0.25, 0.3) is 11.0 Å². The van der Waals surface area contributed by atoms with Gasteiger partial charge >= 0.3 is 0 Å². The van der Waals surface area contributed by atoms with Crippen molar-refractivity contribution >= 4 is 45.1 Å². The summed E-state index contributed by atoms with van der Waals surface area (Å²) in [7, 11) is 0. The molecule has 2 aromatic heterocycles. The molecule has 0 aliphatic carbocycles. The highest BCUT2D eigenvalue weighted by Gasteiger charge is 2.07. The summed E-state index contributed by atoms with van der Waals surface area (Å²) in [6.07, 6.45) is 6.68. The van der Waals surface area contributed by atoms with Gasteiger partial charge in [0.05, 0.1) is 27.3 Å². The normalized spacial score (nSPS) is 10.6. The number of nitrogens with one attached hydrogen (secondary N) is 2. The summed E-state index contributed by atoms with van der Waals surface area (Å²) in [5.74, 6) is 0.723. The second-order valence-electron chi connectivity index (χ2n) is 3.44. The van der Waals surface area contributed by atoms with E-state index in [1.807, 2.05) is 12.1 Å². The van der Waals surface area contributed by atoms with Gasteiger partial charge in [0.2, 0.25) is 0 Å². The fraction of sp³-hybridized carbons (Fsp3) is 0. The molecule has 1 aromatic carbocycles. The van der Waals surface area contributed by atoms with Crippen LogP contribution in [0, 0.1) is 3.57 Å². The summed E-state index contributed by atoms with van der Waals surface area (Å²) in [6.45, 7) is 0. The van der Waals surface area contributed by atoms with Crippen LogP contribution in [0.2, 0.25) is 0 Å². The van der Waals surface area contributed by atoms with Crippen LogP contribution in [0.1, 0.15) is 0 Å². The maximum atomic E-state index is 4.28. The van der Waals surface area contributed by atoms with Crippen LogP contribution in [0.3, 0.4) is 0 Å². The minimum Gasteiger partial charge on any atom is -0.345 e. The highest BCUT2D eigenvalue weighted by molar-refractivity contribution is 14.1. The van der Waals surface area contributed by atoms with Gasteiger partial charge in [0.25, 0.3) is 0 Å². The van der Waals surface area contributed by atoms with E-state index in [-0.39, 0.29) is 0 Å². The number of fused-ring (bicyclic) bond motifs is 1. The molecule has 5 nitrogen and oxygen atoms in total. The number of aromatic amines is 1. The Kier molecular flexibility index (Phi) is 2.63. The molecule has 0 saturated heterocycles. The van der Waals surface area contributed by atoms with Crippen LogP contribution in [-0.4, -0.2) is 19.9 Å². The summed E-state index contributed by atoms with van der Waals surface area (Å²) in [5.41, 5.74) is 2.96. The molecule has 0 spiro atoms. The number of anilines is 2. The molecule has 3 rings (SSSR count). The maximum Gasteiger partial charge on any atom is 0.148 e. The lowest BCUT2D eigenvalue weighted by molar-refractivity contribution is 1.20. The quantitative estimate of drug-likeness (QED) is 0.706. The van der Waals surface area contributed by atoms with E-state index in [0.29, 0.717) is 0 Å². The Labute approximate surface area is 111 Å². The second-order valence-corrected chi connectivity index (χ2v) is 4.52. The standard InChI is InChI=1S/C11H8IN5/c12-10-7(17-9-5-13-3-4-14-9)1-2-8-11(10)16-6-15-8/h1-6H,(H,14,17)(H,15,16). The monoisotopic (exact) mass is 337 g/mol. The molecule has 2 N–H and O–H groups in total. The highest BCUT2D eigenvalue weighted by atomic mass is 127. The van der Waals surface area contributed by atoms with Gasteiger partial charge in [-0.3, -0.25) is 4.98 Å². The zero-order valence-corrected chi connectivity index (χ0v) is 10.8. The van der Waals surface area contributed by atoms with E-state index in [2.05, 4.69) is 47.8 Å². The summed E-state index contributed by atoms with van der Waals surface area (Å²) in [4.78, 5) is 15.6. The van der Waals surface area contributed by atoms with Crippen molar-refractivity contribution in [2.75, 3.05) is 5.32 Å². The summed E-state index contributed by atoms with van der Waals surface area (Å²) in [5, 5.41) is 3.22. The average molecular weight is 337 g/mol. The Hall–Kier alpha value is -1.70. The Bertz CT molecular complexity index is 649. The first-order chi connectivity index (χ1) is 8.34. The van der Waals surface area contributed by atoms with Gasteiger partial charge in [-0.2, -0.15) is 0 Å². The number of aromatic nitrogens is 4. The van der Waals surface area contributed by atoms with Crippen molar-refractivity contribution in [2.24, 2.45) is 0 Å². The molecule has 0 fully saturated rings. The number of halogens is 1. The van der Waals surface area contributed by atoms with Gasteiger partial charge in [-0.25, -0.2) is 9.97 Å². The molecule has 0 aliphatic heterocycles. The Morgan fingerprint density at radius 1 is 1.18 bits per heavy atom. The van der Waals surface area contributed by atoms with E-state index in [1.54, 1.807) is 24.9 Å². The molecule has 0 unspecified atom stereocenters. The van der Waals surface area contributed by atoms with Crippen LogP contribution in [0.4, 0.5) is 11.5 Å². The van der Waals surface area contributed by atoms with Gasteiger partial charge < -0.3 is 10.3 Å². The number of nitrogens with zero attached hydrogens (tertiary/aromatic N) is 3. The van der Waals surface area contributed by atoms with E-state index in [4.69, 9.17) is 0 Å². The van der Waals surface area contributed by atoms with Crippen molar-refractivity contribution in [2.45, 2.75) is 0 Å². The van der Waals surface area contributed by atoms with Gasteiger partial charge in [0, 0.05) is 12.4 Å². The van der Waals surface area contributed by atoms with E-state index in [0.717, 1.165) is 26.1 Å². The molecule has 84 valence electrons. The highest BCUT2D eigenvalue weighted by Crippen LogP contribution is 2.27. The topological polar surface area (TPSA) is 66.5 Å². The fourth-order valence-corrected chi connectivity index (χ4v) is 2.32. The minimum absolute atomic E-state index is 0.723. The average Bonchev–Trinajstić information content (AvgIpc) is 2.83. The summed E-state index contributed by atoms with van der Waals surface area (Å²) in [6, 6.07) is 3.99. The number of H-pyrrole nitrogens is 1. The molecule has 0 amide bonds. The third-order valence-corrected chi connectivity index (χ3v) is 3.45. The van der Waals surface area contributed by atoms with Crippen molar-refractivity contribution < 1.29 is 0 Å². The van der Waals surface area contributed by atoms with E-state index < -0.39 is 0 Å². The zero-order chi connectivity index (χ0) is 11.7. The van der Waals surface area contributed by atoms with Gasteiger partial charge in [0.1, 0.15) is 11.3 Å². The van der Waals surface area contributed by atoms with Crippen molar-refractivity contribution in [3.63, 3.8) is 0 Å². The molecular weight excluding hydrogens is 329 g/mol. The molecule has 0 aliphatic rings. The second kappa shape index (κ2) is 4.28. The number of hydrogen-bond acceptors (Lipinski definition) is 4. The Morgan fingerprint density at radius 2 is 2.12 bits per heavy atom. The lowest BCUT2D eigenvalue weighted by Gasteiger charge is -2.07. The Balaban J connectivity index is 2.03. The molecule has 0 radical (unpaired) electrons. The summed E-state index contributed by atoms with van der Waals surface area (Å²) < 4.78 is 1.06. The molecule has 0 atom stereocenters. The third kappa shape index (κ3) is 1.95. The maximum absolute atomic E-state index is 4.28. The fourth-order valence-electron chi connectivity index (χ4n) is 1.57. The van der Waals surface area contributed by atoms with Gasteiger partial charge in [-0.15, -0.1) is 0 Å². The molecule has 3 aromatic rings. The first-order valence-corrected chi connectivity index (χ1v) is 6.07.